The first-order valence-corrected chi connectivity index (χ1v) is 9.48. The molecule has 0 bridgehead atoms. The summed E-state index contributed by atoms with van der Waals surface area (Å²) in [6.07, 6.45) is 1.80. The number of hydrogen-bond acceptors (Lipinski definition) is 4. The molecule has 0 radical (unpaired) electrons. The van der Waals surface area contributed by atoms with Crippen molar-refractivity contribution in [3.63, 3.8) is 0 Å². The van der Waals surface area contributed by atoms with Crippen LogP contribution in [0.4, 0.5) is 0 Å². The Hall–Kier alpha value is -4.36. The number of aromatic nitrogens is 1. The van der Waals surface area contributed by atoms with Gasteiger partial charge in [-0.15, -0.1) is 0 Å². The normalized spacial score (nSPS) is 11.4. The minimum atomic E-state index is 0.399. The Bertz CT molecular complexity index is 1510. The minimum absolute atomic E-state index is 0.399. The van der Waals surface area contributed by atoms with Crippen molar-refractivity contribution in [2.24, 2.45) is 5.16 Å². The molecule has 0 amide bonds. The van der Waals surface area contributed by atoms with Crippen LogP contribution in [-0.4, -0.2) is 10.2 Å². The molecule has 1 N–H and O–H groups in total. The molecule has 0 unspecified atom stereocenters. The fourth-order valence-corrected chi connectivity index (χ4v) is 3.40. The maximum Gasteiger partial charge on any atom is 0.180 e. The molecule has 3 aromatic carbocycles. The summed E-state index contributed by atoms with van der Waals surface area (Å²) in [4.78, 5) is 4.39. The number of benzene rings is 3. The lowest BCUT2D eigenvalue weighted by Gasteiger charge is -2.04. The molecule has 2 heterocycles. The molecular formula is C26H16N2O2. The summed E-state index contributed by atoms with van der Waals surface area (Å²) in [6.45, 7) is 0. The summed E-state index contributed by atoms with van der Waals surface area (Å²) in [5.41, 5.74) is 3.33. The molecule has 30 heavy (non-hydrogen) atoms. The van der Waals surface area contributed by atoms with Crippen LogP contribution >= 0.6 is 0 Å². The average molecular weight is 388 g/mol. The standard InChI is InChI=1S/C26H16N2O2/c29-28-25-16-23(12-11-22-14-19-8-4-5-9-21(19)17-27-22)30-26-15-20(10-13-24(25)26)18-6-2-1-3-7-18/h1-10,13-17,29H. The van der Waals surface area contributed by atoms with Gasteiger partial charge in [0.2, 0.25) is 0 Å². The van der Waals surface area contributed by atoms with Crippen molar-refractivity contribution in [1.29, 1.82) is 0 Å². The lowest BCUT2D eigenvalue weighted by Crippen LogP contribution is -2.03. The van der Waals surface area contributed by atoms with Gasteiger partial charge in [0, 0.05) is 23.0 Å². The molecule has 0 aliphatic rings. The number of hydrogen-bond donors (Lipinski definition) is 1. The quantitative estimate of drug-likeness (QED) is 0.240. The topological polar surface area (TPSA) is 58.6 Å². The Labute approximate surface area is 172 Å². The zero-order valence-electron chi connectivity index (χ0n) is 15.9. The zero-order valence-corrected chi connectivity index (χ0v) is 15.9. The van der Waals surface area contributed by atoms with Crippen LogP contribution in [0.1, 0.15) is 11.5 Å². The third-order valence-electron chi connectivity index (χ3n) is 4.90. The Balaban J connectivity index is 1.60. The van der Waals surface area contributed by atoms with Crippen LogP contribution in [0.15, 0.2) is 101 Å². The summed E-state index contributed by atoms with van der Waals surface area (Å²) in [7, 11) is 0. The third-order valence-corrected chi connectivity index (χ3v) is 4.90. The molecule has 0 aliphatic heterocycles. The molecule has 5 aromatic rings. The van der Waals surface area contributed by atoms with Crippen molar-refractivity contribution in [2.75, 3.05) is 0 Å². The molecular weight excluding hydrogens is 372 g/mol. The van der Waals surface area contributed by atoms with Crippen LogP contribution in [0.25, 0.3) is 32.9 Å². The van der Waals surface area contributed by atoms with Crippen molar-refractivity contribution in [2.45, 2.75) is 0 Å². The third kappa shape index (κ3) is 3.41. The van der Waals surface area contributed by atoms with Crippen molar-refractivity contribution in [1.82, 2.24) is 4.98 Å². The van der Waals surface area contributed by atoms with E-state index in [0.29, 0.717) is 27.8 Å². The number of nitrogens with zero attached hydrogens (tertiary/aromatic N) is 2. The summed E-state index contributed by atoms with van der Waals surface area (Å²) >= 11 is 0. The van der Waals surface area contributed by atoms with Gasteiger partial charge in [0.1, 0.15) is 16.6 Å². The van der Waals surface area contributed by atoms with Crippen LogP contribution in [-0.2, 0) is 0 Å². The molecule has 0 spiro atoms. The maximum absolute atomic E-state index is 9.47. The number of pyridine rings is 1. The van der Waals surface area contributed by atoms with Gasteiger partial charge in [-0.05, 0) is 46.6 Å². The van der Waals surface area contributed by atoms with Gasteiger partial charge >= 0.3 is 0 Å². The lowest BCUT2D eigenvalue weighted by atomic mass is 10.0. The first kappa shape index (κ1) is 17.7. The van der Waals surface area contributed by atoms with Crippen molar-refractivity contribution in [3.8, 4) is 23.0 Å². The zero-order chi connectivity index (χ0) is 20.3. The molecule has 4 heteroatoms. The highest BCUT2D eigenvalue weighted by atomic mass is 16.4. The van der Waals surface area contributed by atoms with Gasteiger partial charge in [0.15, 0.2) is 5.76 Å². The van der Waals surface area contributed by atoms with E-state index in [9.17, 15) is 5.21 Å². The molecule has 142 valence electrons. The predicted molar refractivity (Wildman–Crippen MR) is 117 cm³/mol. The van der Waals surface area contributed by atoms with Crippen molar-refractivity contribution >= 4 is 21.7 Å². The molecule has 5 rings (SSSR count). The van der Waals surface area contributed by atoms with E-state index in [1.807, 2.05) is 78.9 Å². The van der Waals surface area contributed by atoms with E-state index in [0.717, 1.165) is 21.9 Å². The van der Waals surface area contributed by atoms with Crippen molar-refractivity contribution < 1.29 is 9.62 Å². The first-order valence-electron chi connectivity index (χ1n) is 9.48. The van der Waals surface area contributed by atoms with E-state index < -0.39 is 0 Å². The monoisotopic (exact) mass is 388 g/mol. The molecule has 0 saturated carbocycles. The highest BCUT2D eigenvalue weighted by Gasteiger charge is 2.06. The van der Waals surface area contributed by atoms with E-state index >= 15 is 0 Å². The number of fused-ring (bicyclic) bond motifs is 2. The highest BCUT2D eigenvalue weighted by molar-refractivity contribution is 5.83. The first-order chi connectivity index (χ1) is 14.8. The van der Waals surface area contributed by atoms with Gasteiger partial charge in [-0.25, -0.2) is 4.98 Å². The average Bonchev–Trinajstić information content (AvgIpc) is 2.82. The van der Waals surface area contributed by atoms with Crippen LogP contribution in [0.2, 0.25) is 0 Å². The van der Waals surface area contributed by atoms with E-state index in [4.69, 9.17) is 4.42 Å². The van der Waals surface area contributed by atoms with Gasteiger partial charge in [-0.1, -0.05) is 65.8 Å². The largest absolute Gasteiger partial charge is 0.448 e. The van der Waals surface area contributed by atoms with E-state index in [-0.39, 0.29) is 0 Å². The molecule has 2 aromatic heterocycles. The van der Waals surface area contributed by atoms with Crippen molar-refractivity contribution in [3.05, 3.63) is 108 Å². The second-order valence-electron chi connectivity index (χ2n) is 6.84. The molecule has 0 atom stereocenters. The van der Waals surface area contributed by atoms with Crippen LogP contribution < -0.4 is 5.36 Å². The van der Waals surface area contributed by atoms with Gasteiger partial charge in [-0.2, -0.15) is 0 Å². The van der Waals surface area contributed by atoms with Crippen LogP contribution in [0.3, 0.4) is 0 Å². The fraction of sp³-hybridized carbons (Fsp3) is 0. The molecule has 0 saturated heterocycles. The second kappa shape index (κ2) is 7.57. The van der Waals surface area contributed by atoms with Gasteiger partial charge < -0.3 is 9.62 Å². The second-order valence-corrected chi connectivity index (χ2v) is 6.84. The Morgan fingerprint density at radius 2 is 1.57 bits per heavy atom. The van der Waals surface area contributed by atoms with E-state index in [1.54, 1.807) is 12.3 Å². The molecule has 0 fully saturated rings. The van der Waals surface area contributed by atoms with E-state index in [2.05, 4.69) is 22.0 Å². The maximum atomic E-state index is 9.47. The smallest absolute Gasteiger partial charge is 0.180 e. The Kier molecular flexibility index (Phi) is 4.47. The Morgan fingerprint density at radius 3 is 2.40 bits per heavy atom. The van der Waals surface area contributed by atoms with Crippen LogP contribution in [0, 0.1) is 11.8 Å². The summed E-state index contributed by atoms with van der Waals surface area (Å²) < 4.78 is 6.00. The number of rotatable bonds is 1. The molecule has 4 nitrogen and oxygen atoms in total. The summed E-state index contributed by atoms with van der Waals surface area (Å²) in [5, 5.41) is 16.1. The van der Waals surface area contributed by atoms with Gasteiger partial charge in [0.25, 0.3) is 0 Å². The van der Waals surface area contributed by atoms with Gasteiger partial charge in [0.05, 0.1) is 0 Å². The highest BCUT2D eigenvalue weighted by Crippen LogP contribution is 2.23. The van der Waals surface area contributed by atoms with Gasteiger partial charge in [-0.3, -0.25) is 0 Å². The Morgan fingerprint density at radius 1 is 0.767 bits per heavy atom. The SMILES string of the molecule is ON=c1cc(C#Cc2cc3ccccc3cn2)oc2cc(-c3ccccc3)ccc12. The summed E-state index contributed by atoms with van der Waals surface area (Å²) in [6, 6.07) is 27.4. The van der Waals surface area contributed by atoms with Crippen LogP contribution in [0.5, 0.6) is 0 Å². The van der Waals surface area contributed by atoms with E-state index in [1.165, 1.54) is 0 Å². The summed E-state index contributed by atoms with van der Waals surface area (Å²) in [5.74, 6) is 6.44. The minimum Gasteiger partial charge on any atom is -0.448 e. The molecule has 0 aliphatic carbocycles. The lowest BCUT2D eigenvalue weighted by molar-refractivity contribution is 0.302. The predicted octanol–water partition coefficient (Wildman–Crippen LogP) is 5.34. The fourth-order valence-electron chi connectivity index (χ4n) is 3.40.